The van der Waals surface area contributed by atoms with E-state index in [1.54, 1.807) is 97.1 Å². The average Bonchev–Trinajstić information content (AvgIpc) is 3.27. The molecule has 0 fully saturated rings. The molecule has 0 atom stereocenters. The molecule has 0 aromatic heterocycles. The van der Waals surface area contributed by atoms with Crippen LogP contribution in [0.25, 0.3) is 21.5 Å². The fraction of sp³-hybridized carbons (Fsp3) is 0.0800. The summed E-state index contributed by atoms with van der Waals surface area (Å²) in [6.45, 7) is 7.43. The zero-order valence-electron chi connectivity index (χ0n) is 35.2. The van der Waals surface area contributed by atoms with E-state index in [4.69, 9.17) is 23.2 Å². The van der Waals surface area contributed by atoms with Crippen LogP contribution in [0.1, 0.15) is 43.0 Å². The van der Waals surface area contributed by atoms with Gasteiger partial charge in [-0.3, -0.25) is 9.59 Å². The molecular weight excluding hydrogens is 907 g/mol. The van der Waals surface area contributed by atoms with Gasteiger partial charge in [0.15, 0.2) is 11.5 Å². The molecule has 0 aliphatic carbocycles. The Balaban J connectivity index is 0.000000212. The number of carbonyl (C=O) groups is 2. The number of phenols is 4. The molecule has 328 valence electrons. The molecule has 0 spiro atoms. The maximum Gasteiger partial charge on any atom is 0.259 e. The molecule has 0 radical (unpaired) electrons. The van der Waals surface area contributed by atoms with Crippen LogP contribution >= 0.6 is 23.2 Å². The van der Waals surface area contributed by atoms with Crippen LogP contribution in [0.15, 0.2) is 154 Å². The van der Waals surface area contributed by atoms with Crippen LogP contribution in [-0.4, -0.2) is 32.2 Å². The van der Waals surface area contributed by atoms with Gasteiger partial charge in [-0.2, -0.15) is 0 Å². The fourth-order valence-corrected chi connectivity index (χ4v) is 7.00. The molecule has 2 amide bonds. The molecule has 12 nitrogen and oxygen atoms in total. The summed E-state index contributed by atoms with van der Waals surface area (Å²) in [5.74, 6) is -1.70. The molecule has 6 N–H and O–H groups in total. The SMILES string of the molecule is Cc1ccc(O)c(N=Nc2c(O)c(C(=O)Nc3cc(Cl)ccc3C)cc3ccccc23)c1.Cc1ccc(O)c(N=Nc2c(O)c(C(=O)Nc3cc(Cl)ccc3C)cc3ccccc23)c1.[Fe]. The van der Waals surface area contributed by atoms with Crippen molar-refractivity contribution in [2.75, 3.05) is 10.6 Å². The molecule has 15 heteroatoms. The first-order chi connectivity index (χ1) is 30.7. The van der Waals surface area contributed by atoms with Crippen LogP contribution in [-0.2, 0) is 17.1 Å². The van der Waals surface area contributed by atoms with E-state index in [1.165, 1.54) is 12.1 Å². The molecule has 0 unspecified atom stereocenters. The van der Waals surface area contributed by atoms with Gasteiger partial charge in [0.25, 0.3) is 11.8 Å². The summed E-state index contributed by atoms with van der Waals surface area (Å²) in [5.41, 5.74) is 5.44. The van der Waals surface area contributed by atoms with E-state index in [-0.39, 0.29) is 73.9 Å². The standard InChI is InChI=1S/2C25H20ClN3O3.Fe/c2*1-14-7-10-22(30)21(11-14)28-29-23-18-6-4-3-5-16(18)12-19(24(23)31)25(32)27-20-13-17(26)9-8-15(20)2;/h2*3-13,30-31H,1-2H3,(H,27,32);. The minimum atomic E-state index is -0.506. The number of aromatic hydroxyl groups is 4. The fourth-order valence-electron chi connectivity index (χ4n) is 6.66. The van der Waals surface area contributed by atoms with Crippen molar-refractivity contribution in [3.63, 3.8) is 0 Å². The molecule has 0 heterocycles. The van der Waals surface area contributed by atoms with Crippen LogP contribution in [0.3, 0.4) is 0 Å². The number of nitrogens with zero attached hydrogens (tertiary/aromatic N) is 4. The number of amides is 2. The van der Waals surface area contributed by atoms with Crippen molar-refractivity contribution in [3.8, 4) is 23.0 Å². The summed E-state index contributed by atoms with van der Waals surface area (Å²) in [6, 6.07) is 37.9. The summed E-state index contributed by atoms with van der Waals surface area (Å²) >= 11 is 12.1. The van der Waals surface area contributed by atoms with Crippen LogP contribution in [0.5, 0.6) is 23.0 Å². The molecule has 8 aromatic rings. The van der Waals surface area contributed by atoms with Gasteiger partial charge in [0.1, 0.15) is 34.2 Å². The quantitative estimate of drug-likeness (QED) is 0.0649. The number of azo groups is 2. The topological polar surface area (TPSA) is 189 Å². The molecule has 65 heavy (non-hydrogen) atoms. The number of phenolic OH excluding ortho intramolecular Hbond substituents is 4. The van der Waals surface area contributed by atoms with Gasteiger partial charge in [-0.1, -0.05) is 96.0 Å². The number of benzene rings is 8. The second kappa shape index (κ2) is 20.5. The van der Waals surface area contributed by atoms with Gasteiger partial charge in [-0.15, -0.1) is 20.5 Å². The van der Waals surface area contributed by atoms with E-state index < -0.39 is 11.8 Å². The number of carbonyl (C=O) groups excluding carboxylic acids is 2. The first kappa shape index (κ1) is 47.2. The van der Waals surface area contributed by atoms with E-state index in [1.807, 2.05) is 52.0 Å². The van der Waals surface area contributed by atoms with Crippen LogP contribution in [0, 0.1) is 27.7 Å². The predicted octanol–water partition coefficient (Wildman–Crippen LogP) is 14.4. The number of nitrogens with one attached hydrogen (secondary N) is 2. The third kappa shape index (κ3) is 10.9. The molecule has 0 saturated carbocycles. The minimum absolute atomic E-state index is 0. The van der Waals surface area contributed by atoms with E-state index in [0.717, 1.165) is 22.3 Å². The molecule has 8 rings (SSSR count). The minimum Gasteiger partial charge on any atom is -0.506 e. The Kier molecular flexibility index (Phi) is 14.9. The zero-order chi connectivity index (χ0) is 45.7. The van der Waals surface area contributed by atoms with Crippen molar-refractivity contribution in [1.29, 1.82) is 0 Å². The Hall–Kier alpha value is -7.28. The van der Waals surface area contributed by atoms with E-state index in [0.29, 0.717) is 43.0 Å². The Morgan fingerprint density at radius 1 is 0.477 bits per heavy atom. The first-order valence-electron chi connectivity index (χ1n) is 19.7. The predicted molar refractivity (Wildman–Crippen MR) is 254 cm³/mol. The molecule has 8 aromatic carbocycles. The van der Waals surface area contributed by atoms with Crippen molar-refractivity contribution >= 4 is 90.7 Å². The molecule has 0 aliphatic rings. The molecule has 0 saturated heterocycles. The summed E-state index contributed by atoms with van der Waals surface area (Å²) in [6.07, 6.45) is 0. The second-order valence-electron chi connectivity index (χ2n) is 14.9. The van der Waals surface area contributed by atoms with E-state index in [2.05, 4.69) is 31.1 Å². The number of anilines is 2. The molecule has 0 bridgehead atoms. The first-order valence-corrected chi connectivity index (χ1v) is 20.5. The second-order valence-corrected chi connectivity index (χ2v) is 15.8. The third-order valence-electron chi connectivity index (χ3n) is 10.2. The Morgan fingerprint density at radius 2 is 0.862 bits per heavy atom. The smallest absolute Gasteiger partial charge is 0.259 e. The normalized spacial score (nSPS) is 11.0. The Bertz CT molecular complexity index is 2990. The summed E-state index contributed by atoms with van der Waals surface area (Å²) in [7, 11) is 0. The summed E-state index contributed by atoms with van der Waals surface area (Å²) in [4.78, 5) is 26.1. The summed E-state index contributed by atoms with van der Waals surface area (Å²) in [5, 5.41) is 67.9. The van der Waals surface area contributed by atoms with Gasteiger partial charge < -0.3 is 31.1 Å². The van der Waals surface area contributed by atoms with Crippen molar-refractivity contribution < 1.29 is 47.1 Å². The number of halogens is 2. The number of hydrogen-bond donors (Lipinski definition) is 6. The van der Waals surface area contributed by atoms with E-state index >= 15 is 0 Å². The van der Waals surface area contributed by atoms with Crippen LogP contribution in [0.4, 0.5) is 34.1 Å². The largest absolute Gasteiger partial charge is 0.506 e. The molecule has 0 aliphatic heterocycles. The van der Waals surface area contributed by atoms with Gasteiger partial charge in [-0.05, 0) is 121 Å². The van der Waals surface area contributed by atoms with Crippen molar-refractivity contribution in [2.45, 2.75) is 27.7 Å². The van der Waals surface area contributed by atoms with E-state index in [9.17, 15) is 30.0 Å². The summed E-state index contributed by atoms with van der Waals surface area (Å²) < 4.78 is 0. The van der Waals surface area contributed by atoms with Gasteiger partial charge in [0.05, 0.1) is 11.1 Å². The van der Waals surface area contributed by atoms with Gasteiger partial charge >= 0.3 is 0 Å². The van der Waals surface area contributed by atoms with Gasteiger partial charge in [0, 0.05) is 49.3 Å². The Labute approximate surface area is 394 Å². The number of fused-ring (bicyclic) bond motifs is 2. The van der Waals surface area contributed by atoms with Crippen LogP contribution in [0.2, 0.25) is 10.0 Å². The van der Waals surface area contributed by atoms with Crippen molar-refractivity contribution in [1.82, 2.24) is 0 Å². The van der Waals surface area contributed by atoms with Gasteiger partial charge in [0.2, 0.25) is 0 Å². The van der Waals surface area contributed by atoms with Crippen molar-refractivity contribution in [2.24, 2.45) is 20.5 Å². The number of rotatable bonds is 8. The monoisotopic (exact) mass is 946 g/mol. The zero-order valence-corrected chi connectivity index (χ0v) is 37.8. The third-order valence-corrected chi connectivity index (χ3v) is 10.6. The van der Waals surface area contributed by atoms with Gasteiger partial charge in [-0.25, -0.2) is 0 Å². The maximum absolute atomic E-state index is 13.0. The number of hydrogen-bond acceptors (Lipinski definition) is 10. The average molecular weight is 948 g/mol. The van der Waals surface area contributed by atoms with Crippen LogP contribution < -0.4 is 10.6 Å². The maximum atomic E-state index is 13.0. The number of aryl methyl sites for hydroxylation is 4. The molecular formula is C50H40Cl2FeN6O6. The Morgan fingerprint density at radius 3 is 1.26 bits per heavy atom. The van der Waals surface area contributed by atoms with Crippen molar-refractivity contribution in [3.05, 3.63) is 177 Å².